The lowest BCUT2D eigenvalue weighted by Crippen LogP contribution is -2.16. The zero-order valence-electron chi connectivity index (χ0n) is 11.9. The maximum Gasteiger partial charge on any atom is 0.416 e. The van der Waals surface area contributed by atoms with Gasteiger partial charge in [0.2, 0.25) is 0 Å². The van der Waals surface area contributed by atoms with E-state index in [1.54, 1.807) is 0 Å². The largest absolute Gasteiger partial charge is 0.416 e. The Morgan fingerprint density at radius 3 is 1.35 bits per heavy atom. The van der Waals surface area contributed by atoms with Gasteiger partial charge in [0.1, 0.15) is 0 Å². The molecule has 0 saturated carbocycles. The molecule has 0 bridgehead atoms. The molecule has 0 aliphatic rings. The third kappa shape index (κ3) is 3.68. The highest BCUT2D eigenvalue weighted by atomic mass is 19.4. The van der Waals surface area contributed by atoms with Gasteiger partial charge in [0.15, 0.2) is 0 Å². The van der Waals surface area contributed by atoms with Crippen LogP contribution in [0.4, 0.5) is 26.3 Å². The van der Waals surface area contributed by atoms with Gasteiger partial charge in [0.05, 0.1) is 11.1 Å². The van der Waals surface area contributed by atoms with E-state index in [9.17, 15) is 26.3 Å². The molecule has 0 saturated heterocycles. The fourth-order valence-electron chi connectivity index (χ4n) is 2.60. The lowest BCUT2D eigenvalue weighted by atomic mass is 9.83. The molecular weight excluding hydrogens is 318 g/mol. The van der Waals surface area contributed by atoms with Crippen molar-refractivity contribution < 1.29 is 26.3 Å². The third-order valence-electron chi connectivity index (χ3n) is 3.57. The van der Waals surface area contributed by atoms with E-state index in [4.69, 9.17) is 0 Å². The summed E-state index contributed by atoms with van der Waals surface area (Å²) in [6, 6.07) is 9.32. The summed E-state index contributed by atoms with van der Waals surface area (Å²) >= 11 is 0. The van der Waals surface area contributed by atoms with Crippen molar-refractivity contribution in [3.05, 3.63) is 77.7 Å². The number of rotatable bonds is 3. The minimum Gasteiger partial charge on any atom is -0.166 e. The summed E-state index contributed by atoms with van der Waals surface area (Å²) in [5.74, 6) is -1.09. The summed E-state index contributed by atoms with van der Waals surface area (Å²) < 4.78 is 78.9. The van der Waals surface area contributed by atoms with Crippen LogP contribution in [0.1, 0.15) is 34.6 Å². The number of benzene rings is 2. The van der Waals surface area contributed by atoms with Gasteiger partial charge in [-0.2, -0.15) is 26.3 Å². The van der Waals surface area contributed by atoms with E-state index in [2.05, 4.69) is 6.92 Å². The van der Waals surface area contributed by atoms with Gasteiger partial charge in [0, 0.05) is 5.92 Å². The van der Waals surface area contributed by atoms with E-state index in [1.165, 1.54) is 36.4 Å². The third-order valence-corrected chi connectivity index (χ3v) is 3.57. The van der Waals surface area contributed by atoms with Crippen LogP contribution in [0.2, 0.25) is 0 Å². The van der Waals surface area contributed by atoms with Gasteiger partial charge in [-0.15, -0.1) is 0 Å². The number of hydrogen-bond donors (Lipinski definition) is 0. The zero-order valence-corrected chi connectivity index (χ0v) is 11.9. The maximum atomic E-state index is 13.2. The second-order valence-electron chi connectivity index (χ2n) is 5.01. The predicted molar refractivity (Wildman–Crippen MR) is 74.7 cm³/mol. The first-order valence-corrected chi connectivity index (χ1v) is 6.77. The van der Waals surface area contributed by atoms with Crippen LogP contribution in [0.15, 0.2) is 48.5 Å². The standard InChI is InChI=1S/C17H13F6/c1-2-11(12-7-3-5-9-14(12)16(18,19)20)13-8-4-6-10-15(13)17(21,22)23/h3-11H,1-2H2. The van der Waals surface area contributed by atoms with E-state index in [0.717, 1.165) is 12.1 Å². The number of alkyl halides is 6. The minimum absolute atomic E-state index is 0.125. The van der Waals surface area contributed by atoms with Crippen LogP contribution in [0.5, 0.6) is 0 Å². The Morgan fingerprint density at radius 1 is 0.696 bits per heavy atom. The molecule has 2 rings (SSSR count). The molecule has 2 aromatic carbocycles. The predicted octanol–water partition coefficient (Wildman–Crippen LogP) is 6.08. The fraction of sp³-hybridized carbons (Fsp3) is 0.235. The topological polar surface area (TPSA) is 0 Å². The maximum absolute atomic E-state index is 13.2. The molecule has 0 aliphatic carbocycles. The average molecular weight is 331 g/mol. The molecule has 0 nitrogen and oxygen atoms in total. The molecule has 0 aliphatic heterocycles. The molecule has 1 radical (unpaired) electrons. The Hall–Kier alpha value is -1.98. The second kappa shape index (κ2) is 6.26. The van der Waals surface area contributed by atoms with Gasteiger partial charge in [0.25, 0.3) is 0 Å². The van der Waals surface area contributed by atoms with Gasteiger partial charge in [-0.25, -0.2) is 0 Å². The first kappa shape index (κ1) is 17.4. The molecular formula is C17H13F6. The molecule has 0 unspecified atom stereocenters. The van der Waals surface area contributed by atoms with Crippen LogP contribution in [-0.2, 0) is 12.4 Å². The average Bonchev–Trinajstić information content (AvgIpc) is 2.47. The normalized spacial score (nSPS) is 12.7. The number of hydrogen-bond acceptors (Lipinski definition) is 0. The SMILES string of the molecule is [CH2]CC(c1ccccc1C(F)(F)F)c1ccccc1C(F)(F)F. The summed E-state index contributed by atoms with van der Waals surface area (Å²) in [7, 11) is 0. The van der Waals surface area contributed by atoms with E-state index in [0.29, 0.717) is 0 Å². The Bertz CT molecular complexity index is 612. The van der Waals surface area contributed by atoms with Crippen LogP contribution in [0, 0.1) is 6.92 Å². The molecule has 0 amide bonds. The van der Waals surface area contributed by atoms with E-state index >= 15 is 0 Å². The van der Waals surface area contributed by atoms with E-state index < -0.39 is 29.4 Å². The summed E-state index contributed by atoms with van der Waals surface area (Å²) in [5.41, 5.74) is -2.28. The first-order chi connectivity index (χ1) is 10.7. The highest BCUT2D eigenvalue weighted by Crippen LogP contribution is 2.42. The van der Waals surface area contributed by atoms with Crippen molar-refractivity contribution in [1.82, 2.24) is 0 Å². The van der Waals surface area contributed by atoms with Gasteiger partial charge >= 0.3 is 12.4 Å². The second-order valence-corrected chi connectivity index (χ2v) is 5.01. The molecule has 0 spiro atoms. The van der Waals surface area contributed by atoms with Crippen molar-refractivity contribution in [3.63, 3.8) is 0 Å². The summed E-state index contributed by atoms with van der Waals surface area (Å²) in [6.45, 7) is 3.55. The summed E-state index contributed by atoms with van der Waals surface area (Å²) in [5, 5.41) is 0. The van der Waals surface area contributed by atoms with Crippen molar-refractivity contribution in [1.29, 1.82) is 0 Å². The molecule has 123 valence electrons. The molecule has 0 heterocycles. The Morgan fingerprint density at radius 2 is 1.04 bits per heavy atom. The molecule has 0 N–H and O–H groups in total. The van der Waals surface area contributed by atoms with Crippen molar-refractivity contribution in [2.24, 2.45) is 0 Å². The zero-order chi connectivity index (χ0) is 17.3. The van der Waals surface area contributed by atoms with Gasteiger partial charge in [-0.3, -0.25) is 0 Å². The van der Waals surface area contributed by atoms with Crippen molar-refractivity contribution in [2.45, 2.75) is 24.7 Å². The molecule has 0 fully saturated rings. The smallest absolute Gasteiger partial charge is 0.166 e. The Labute approximate surface area is 129 Å². The molecule has 0 atom stereocenters. The Kier molecular flexibility index (Phi) is 4.73. The van der Waals surface area contributed by atoms with Gasteiger partial charge < -0.3 is 0 Å². The monoisotopic (exact) mass is 331 g/mol. The first-order valence-electron chi connectivity index (χ1n) is 6.77. The van der Waals surface area contributed by atoms with Crippen molar-refractivity contribution in [2.75, 3.05) is 0 Å². The van der Waals surface area contributed by atoms with E-state index in [-0.39, 0.29) is 17.5 Å². The summed E-state index contributed by atoms with van der Waals surface area (Å²) in [4.78, 5) is 0. The van der Waals surface area contributed by atoms with E-state index in [1.807, 2.05) is 0 Å². The minimum atomic E-state index is -4.64. The molecule has 0 aromatic heterocycles. The number of halogens is 6. The van der Waals surface area contributed by atoms with Crippen LogP contribution in [0.25, 0.3) is 0 Å². The van der Waals surface area contributed by atoms with Crippen LogP contribution >= 0.6 is 0 Å². The summed E-state index contributed by atoms with van der Waals surface area (Å²) in [6.07, 6.45) is -9.41. The van der Waals surface area contributed by atoms with Gasteiger partial charge in [-0.05, 0) is 29.7 Å². The highest BCUT2D eigenvalue weighted by Gasteiger charge is 2.38. The fourth-order valence-corrected chi connectivity index (χ4v) is 2.60. The lowest BCUT2D eigenvalue weighted by molar-refractivity contribution is -0.138. The molecule has 2 aromatic rings. The van der Waals surface area contributed by atoms with Crippen LogP contribution in [-0.4, -0.2) is 0 Å². The van der Waals surface area contributed by atoms with Gasteiger partial charge in [-0.1, -0.05) is 43.3 Å². The van der Waals surface area contributed by atoms with Crippen LogP contribution < -0.4 is 0 Å². The molecule has 6 heteroatoms. The van der Waals surface area contributed by atoms with Crippen LogP contribution in [0.3, 0.4) is 0 Å². The lowest BCUT2D eigenvalue weighted by Gasteiger charge is -2.24. The molecule has 23 heavy (non-hydrogen) atoms. The van der Waals surface area contributed by atoms with Crippen molar-refractivity contribution >= 4 is 0 Å². The Balaban J connectivity index is 2.64. The highest BCUT2D eigenvalue weighted by molar-refractivity contribution is 5.43. The quantitative estimate of drug-likeness (QED) is 0.598. The van der Waals surface area contributed by atoms with Crippen molar-refractivity contribution in [3.8, 4) is 0 Å².